The highest BCUT2D eigenvalue weighted by molar-refractivity contribution is 4.92. The number of hydrogen-bond donors (Lipinski definition) is 0. The molecule has 3 saturated heterocycles. The zero-order valence-electron chi connectivity index (χ0n) is 13.6. The van der Waals surface area contributed by atoms with Crippen LogP contribution in [0.15, 0.2) is 0 Å². The molecule has 3 fully saturated rings. The van der Waals surface area contributed by atoms with Gasteiger partial charge in [0.25, 0.3) is 0 Å². The molecule has 0 aromatic heterocycles. The molecule has 3 heteroatoms. The van der Waals surface area contributed by atoms with Gasteiger partial charge in [0, 0.05) is 38.3 Å². The zero-order chi connectivity index (χ0) is 13.9. The summed E-state index contributed by atoms with van der Waals surface area (Å²) in [4.78, 5) is 8.28. The van der Waals surface area contributed by atoms with Gasteiger partial charge in [-0.15, -0.1) is 0 Å². The lowest BCUT2D eigenvalue weighted by molar-refractivity contribution is 0.000709. The van der Waals surface area contributed by atoms with Crippen LogP contribution in [-0.2, 0) is 0 Å². The monoisotopic (exact) mass is 279 g/mol. The third kappa shape index (κ3) is 3.20. The van der Waals surface area contributed by atoms with Gasteiger partial charge in [-0.05, 0) is 51.2 Å². The van der Waals surface area contributed by atoms with E-state index >= 15 is 0 Å². The Labute approximate surface area is 125 Å². The molecule has 0 aromatic rings. The fraction of sp³-hybridized carbons (Fsp3) is 1.00. The molecule has 0 amide bonds. The zero-order valence-corrected chi connectivity index (χ0v) is 13.6. The number of piperidine rings is 1. The molecule has 3 nitrogen and oxygen atoms in total. The molecule has 0 spiro atoms. The van der Waals surface area contributed by atoms with Gasteiger partial charge in [0.1, 0.15) is 0 Å². The van der Waals surface area contributed by atoms with E-state index in [9.17, 15) is 0 Å². The lowest BCUT2D eigenvalue weighted by Crippen LogP contribution is -2.60. The van der Waals surface area contributed by atoms with Crippen LogP contribution in [0.4, 0.5) is 0 Å². The molecule has 0 N–H and O–H groups in total. The molecule has 0 saturated carbocycles. The first-order chi connectivity index (χ1) is 9.80. The van der Waals surface area contributed by atoms with Crippen molar-refractivity contribution in [3.8, 4) is 0 Å². The first-order valence-electron chi connectivity index (χ1n) is 9.00. The Morgan fingerprint density at radius 1 is 0.950 bits per heavy atom. The smallest absolute Gasteiger partial charge is 0.0223 e. The van der Waals surface area contributed by atoms with Crippen molar-refractivity contribution >= 4 is 0 Å². The molecule has 0 bridgehead atoms. The number of nitrogens with zero attached hydrogens (tertiary/aromatic N) is 3. The van der Waals surface area contributed by atoms with Gasteiger partial charge in [-0.1, -0.05) is 20.3 Å². The minimum absolute atomic E-state index is 0.819. The highest BCUT2D eigenvalue weighted by atomic mass is 15.3. The summed E-state index contributed by atoms with van der Waals surface area (Å²) in [6.45, 7) is 14.0. The summed E-state index contributed by atoms with van der Waals surface area (Å²) in [5, 5.41) is 0. The van der Waals surface area contributed by atoms with Crippen molar-refractivity contribution < 1.29 is 0 Å². The molecule has 0 radical (unpaired) electrons. The minimum Gasteiger partial charge on any atom is -0.303 e. The summed E-state index contributed by atoms with van der Waals surface area (Å²) in [6, 6.07) is 1.69. The molecular formula is C17H33N3. The minimum atomic E-state index is 0.819. The Bertz CT molecular complexity index is 307. The summed E-state index contributed by atoms with van der Waals surface area (Å²) in [5.41, 5.74) is 0. The summed E-state index contributed by atoms with van der Waals surface area (Å²) in [5.74, 6) is 0.930. The van der Waals surface area contributed by atoms with Crippen LogP contribution >= 0.6 is 0 Å². The number of likely N-dealkylation sites (tertiary alicyclic amines) is 1. The average molecular weight is 279 g/mol. The Morgan fingerprint density at radius 2 is 1.85 bits per heavy atom. The second-order valence-corrected chi connectivity index (χ2v) is 7.21. The van der Waals surface area contributed by atoms with E-state index in [1.165, 1.54) is 77.9 Å². The van der Waals surface area contributed by atoms with Crippen molar-refractivity contribution in [3.05, 3.63) is 0 Å². The Hall–Kier alpha value is -0.120. The van der Waals surface area contributed by atoms with Gasteiger partial charge in [-0.3, -0.25) is 9.80 Å². The van der Waals surface area contributed by atoms with E-state index < -0.39 is 0 Å². The van der Waals surface area contributed by atoms with Gasteiger partial charge in [0.2, 0.25) is 0 Å². The second-order valence-electron chi connectivity index (χ2n) is 7.21. The lowest BCUT2D eigenvalue weighted by Gasteiger charge is -2.49. The summed E-state index contributed by atoms with van der Waals surface area (Å²) < 4.78 is 0. The molecule has 3 unspecified atom stereocenters. The average Bonchev–Trinajstić information content (AvgIpc) is 2.94. The molecule has 0 aromatic carbocycles. The maximum Gasteiger partial charge on any atom is 0.0223 e. The topological polar surface area (TPSA) is 9.72 Å². The fourth-order valence-corrected chi connectivity index (χ4v) is 4.60. The van der Waals surface area contributed by atoms with Gasteiger partial charge in [-0.2, -0.15) is 0 Å². The number of fused-ring (bicyclic) bond motifs is 1. The highest BCUT2D eigenvalue weighted by Crippen LogP contribution is 2.27. The van der Waals surface area contributed by atoms with Crippen LogP contribution in [0.5, 0.6) is 0 Å². The molecule has 3 atom stereocenters. The van der Waals surface area contributed by atoms with E-state index in [0.717, 1.165) is 18.0 Å². The maximum absolute atomic E-state index is 2.86. The Morgan fingerprint density at radius 3 is 2.60 bits per heavy atom. The third-order valence-corrected chi connectivity index (χ3v) is 5.94. The van der Waals surface area contributed by atoms with E-state index in [1.54, 1.807) is 0 Å². The van der Waals surface area contributed by atoms with Crippen LogP contribution in [0.1, 0.15) is 46.0 Å². The van der Waals surface area contributed by atoms with E-state index in [-0.39, 0.29) is 0 Å². The second kappa shape index (κ2) is 6.76. The van der Waals surface area contributed by atoms with Gasteiger partial charge in [0.15, 0.2) is 0 Å². The normalized spacial score (nSPS) is 37.2. The van der Waals surface area contributed by atoms with Crippen LogP contribution in [0.2, 0.25) is 0 Å². The largest absolute Gasteiger partial charge is 0.303 e. The van der Waals surface area contributed by atoms with Gasteiger partial charge in [-0.25, -0.2) is 0 Å². The lowest BCUT2D eigenvalue weighted by atomic mass is 9.94. The molecule has 0 aliphatic carbocycles. The first-order valence-corrected chi connectivity index (χ1v) is 9.00. The van der Waals surface area contributed by atoms with E-state index in [4.69, 9.17) is 0 Å². The maximum atomic E-state index is 2.86. The number of hydrogen-bond acceptors (Lipinski definition) is 3. The van der Waals surface area contributed by atoms with Crippen molar-refractivity contribution in [2.75, 3.05) is 45.8 Å². The van der Waals surface area contributed by atoms with E-state index in [2.05, 4.69) is 28.5 Å². The Balaban J connectivity index is 1.56. The standard InChI is InChI=1S/C17H33N3/c1-3-16-13-19-9-6-5-7-17(19)14-20(16)12-15-8-10-18(4-2)11-15/h15-17H,3-14H2,1-2H3. The van der Waals surface area contributed by atoms with Gasteiger partial charge >= 0.3 is 0 Å². The van der Waals surface area contributed by atoms with Crippen LogP contribution in [0, 0.1) is 5.92 Å². The third-order valence-electron chi connectivity index (χ3n) is 5.94. The Kier molecular flexibility index (Phi) is 5.00. The molecule has 3 rings (SSSR count). The van der Waals surface area contributed by atoms with Gasteiger partial charge < -0.3 is 4.90 Å². The van der Waals surface area contributed by atoms with Crippen molar-refractivity contribution in [2.24, 2.45) is 5.92 Å². The summed E-state index contributed by atoms with van der Waals surface area (Å²) >= 11 is 0. The van der Waals surface area contributed by atoms with Crippen LogP contribution in [-0.4, -0.2) is 72.6 Å². The first kappa shape index (κ1) is 14.8. The number of piperazine rings is 1. The van der Waals surface area contributed by atoms with Gasteiger partial charge in [0.05, 0.1) is 0 Å². The molecular weight excluding hydrogens is 246 g/mol. The number of rotatable bonds is 4. The van der Waals surface area contributed by atoms with Crippen LogP contribution in [0.25, 0.3) is 0 Å². The predicted molar refractivity (Wildman–Crippen MR) is 85.1 cm³/mol. The highest BCUT2D eigenvalue weighted by Gasteiger charge is 2.35. The van der Waals surface area contributed by atoms with E-state index in [0.29, 0.717) is 0 Å². The summed E-state index contributed by atoms with van der Waals surface area (Å²) in [7, 11) is 0. The predicted octanol–water partition coefficient (Wildman–Crippen LogP) is 2.28. The van der Waals surface area contributed by atoms with Crippen LogP contribution < -0.4 is 0 Å². The molecule has 3 aliphatic heterocycles. The van der Waals surface area contributed by atoms with Crippen molar-refractivity contribution in [1.29, 1.82) is 0 Å². The van der Waals surface area contributed by atoms with Crippen LogP contribution in [0.3, 0.4) is 0 Å². The molecule has 3 aliphatic rings. The SMILES string of the molecule is CCC1CN2CCCCC2CN1CC1CCN(CC)C1. The van der Waals surface area contributed by atoms with E-state index in [1.807, 2.05) is 0 Å². The van der Waals surface area contributed by atoms with Crippen molar-refractivity contribution in [2.45, 2.75) is 58.0 Å². The molecule has 116 valence electrons. The summed E-state index contributed by atoms with van der Waals surface area (Å²) in [6.07, 6.45) is 7.08. The molecule has 20 heavy (non-hydrogen) atoms. The van der Waals surface area contributed by atoms with Crippen molar-refractivity contribution in [1.82, 2.24) is 14.7 Å². The fourth-order valence-electron chi connectivity index (χ4n) is 4.60. The molecule has 3 heterocycles. The quantitative estimate of drug-likeness (QED) is 0.782. The van der Waals surface area contributed by atoms with Crippen molar-refractivity contribution in [3.63, 3.8) is 0 Å².